The molecule has 1 saturated carbocycles. The van der Waals surface area contributed by atoms with Gasteiger partial charge in [-0.25, -0.2) is 0 Å². The van der Waals surface area contributed by atoms with Crippen LogP contribution in [-0.4, -0.2) is 59.0 Å². The molecular weight excluding hydrogens is 264 g/mol. The number of hydrogen-bond donors (Lipinski definition) is 5. The molecule has 0 radical (unpaired) electrons. The van der Waals surface area contributed by atoms with Crippen molar-refractivity contribution in [2.45, 2.75) is 44.4 Å². The van der Waals surface area contributed by atoms with Crippen LogP contribution in [0.4, 0.5) is 0 Å². The minimum atomic E-state index is -0.891. The Labute approximate surface area is 118 Å². The molecule has 0 unspecified atom stereocenters. The molecule has 7 nitrogen and oxygen atoms in total. The van der Waals surface area contributed by atoms with Crippen molar-refractivity contribution < 1.29 is 24.9 Å². The lowest BCUT2D eigenvalue weighted by Gasteiger charge is -2.33. The average molecular weight is 288 g/mol. The summed E-state index contributed by atoms with van der Waals surface area (Å²) in [5.41, 5.74) is 0. The lowest BCUT2D eigenvalue weighted by Crippen LogP contribution is -2.53. The second-order valence-electron chi connectivity index (χ2n) is 5.31. The Hall–Kier alpha value is -1.18. The smallest absolute Gasteiger partial charge is 0.308 e. The normalized spacial score (nSPS) is 28.9. The third kappa shape index (κ3) is 3.91. The first-order valence-electron chi connectivity index (χ1n) is 6.88. The molecule has 7 heteroatoms. The van der Waals surface area contributed by atoms with E-state index in [0.29, 0.717) is 12.8 Å². The van der Waals surface area contributed by atoms with Gasteiger partial charge < -0.3 is 26.0 Å². The molecule has 5 N–H and O–H groups in total. The summed E-state index contributed by atoms with van der Waals surface area (Å²) < 4.78 is 0. The Morgan fingerprint density at radius 1 is 1.35 bits per heavy atom. The van der Waals surface area contributed by atoms with E-state index in [1.54, 1.807) is 7.05 Å². The first-order valence-corrected chi connectivity index (χ1v) is 6.88. The number of aliphatic hydroxyl groups excluding tert-OH is 2. The quantitative estimate of drug-likeness (QED) is 0.407. The van der Waals surface area contributed by atoms with Crippen LogP contribution in [0.3, 0.4) is 0 Å². The maximum Gasteiger partial charge on any atom is 0.308 e. The first-order chi connectivity index (χ1) is 9.42. The molecule has 1 amide bonds. The van der Waals surface area contributed by atoms with Crippen molar-refractivity contribution in [3.8, 4) is 0 Å². The van der Waals surface area contributed by atoms with Crippen LogP contribution in [0.25, 0.3) is 0 Å². The number of carbonyl (C=O) groups excluding carboxylic acids is 1. The molecule has 1 aliphatic carbocycles. The molecule has 20 heavy (non-hydrogen) atoms. The fourth-order valence-electron chi connectivity index (χ4n) is 3.16. The van der Waals surface area contributed by atoms with Gasteiger partial charge >= 0.3 is 5.97 Å². The number of nitrogens with one attached hydrogen (secondary N) is 2. The van der Waals surface area contributed by atoms with Crippen molar-refractivity contribution in [2.75, 3.05) is 13.7 Å². The molecule has 116 valence electrons. The molecule has 0 heterocycles. The number of aliphatic carboxylic acids is 1. The lowest BCUT2D eigenvalue weighted by molar-refractivity contribution is -0.142. The highest BCUT2D eigenvalue weighted by Crippen LogP contribution is 2.35. The van der Waals surface area contributed by atoms with Crippen molar-refractivity contribution in [1.82, 2.24) is 10.6 Å². The van der Waals surface area contributed by atoms with E-state index in [-0.39, 0.29) is 30.9 Å². The van der Waals surface area contributed by atoms with Gasteiger partial charge in [0.1, 0.15) is 0 Å². The molecule has 0 spiro atoms. The Kier molecular flexibility index (Phi) is 6.38. The molecule has 1 fully saturated rings. The summed E-state index contributed by atoms with van der Waals surface area (Å²) in [5.74, 6) is -1.85. The van der Waals surface area contributed by atoms with E-state index in [0.717, 1.165) is 0 Å². The molecule has 0 aliphatic heterocycles. The Bertz CT molecular complexity index is 350. The average Bonchev–Trinajstić information content (AvgIpc) is 2.79. The molecular formula is C13H24N2O5. The molecule has 0 aromatic carbocycles. The summed E-state index contributed by atoms with van der Waals surface area (Å²) in [4.78, 5) is 22.5. The molecule has 0 aromatic heterocycles. The zero-order valence-corrected chi connectivity index (χ0v) is 11.9. The number of carbonyl (C=O) groups is 2. The number of aliphatic hydroxyl groups is 2. The van der Waals surface area contributed by atoms with Gasteiger partial charge in [-0.1, -0.05) is 0 Å². The highest BCUT2D eigenvalue weighted by atomic mass is 16.4. The van der Waals surface area contributed by atoms with Crippen LogP contribution in [0.1, 0.15) is 26.2 Å². The zero-order chi connectivity index (χ0) is 15.3. The topological polar surface area (TPSA) is 119 Å². The SMILES string of the molecule is CN[C@H]1[C@@H]([C@H](NC(C)=O)[C@@H](O)CCO)CC[C@@H]1C(=O)O. The Balaban J connectivity index is 2.89. The summed E-state index contributed by atoms with van der Waals surface area (Å²) in [6.45, 7) is 1.17. The number of amides is 1. The molecule has 1 aliphatic rings. The molecule has 0 aromatic rings. The zero-order valence-electron chi connectivity index (χ0n) is 11.9. The minimum Gasteiger partial charge on any atom is -0.481 e. The van der Waals surface area contributed by atoms with E-state index in [1.807, 2.05) is 0 Å². The number of hydrogen-bond acceptors (Lipinski definition) is 5. The van der Waals surface area contributed by atoms with Gasteiger partial charge in [0, 0.05) is 19.6 Å². The number of rotatable bonds is 7. The van der Waals surface area contributed by atoms with Gasteiger partial charge in [0.25, 0.3) is 0 Å². The van der Waals surface area contributed by atoms with Crippen molar-refractivity contribution in [3.63, 3.8) is 0 Å². The fraction of sp³-hybridized carbons (Fsp3) is 0.846. The van der Waals surface area contributed by atoms with E-state index >= 15 is 0 Å². The van der Waals surface area contributed by atoms with Crippen LogP contribution in [0, 0.1) is 11.8 Å². The van der Waals surface area contributed by atoms with Gasteiger partial charge in [-0.15, -0.1) is 0 Å². The summed E-state index contributed by atoms with van der Waals surface area (Å²) in [6.07, 6.45) is 0.371. The van der Waals surface area contributed by atoms with Gasteiger partial charge in [-0.05, 0) is 32.2 Å². The monoisotopic (exact) mass is 288 g/mol. The van der Waals surface area contributed by atoms with Gasteiger partial charge in [0.15, 0.2) is 0 Å². The summed E-state index contributed by atoms with van der Waals surface area (Å²) in [7, 11) is 1.68. The molecule has 1 rings (SSSR count). The minimum absolute atomic E-state index is 0.148. The number of carboxylic acids is 1. The highest BCUT2D eigenvalue weighted by Gasteiger charge is 2.45. The Morgan fingerprint density at radius 3 is 2.45 bits per heavy atom. The van der Waals surface area contributed by atoms with Gasteiger partial charge in [-0.3, -0.25) is 9.59 Å². The summed E-state index contributed by atoms with van der Waals surface area (Å²) in [6, 6.07) is -0.862. The first kappa shape index (κ1) is 16.9. The van der Waals surface area contributed by atoms with E-state index in [1.165, 1.54) is 6.92 Å². The van der Waals surface area contributed by atoms with E-state index < -0.39 is 24.0 Å². The molecule has 0 bridgehead atoms. The maximum atomic E-state index is 11.3. The van der Waals surface area contributed by atoms with Crippen LogP contribution < -0.4 is 10.6 Å². The summed E-state index contributed by atoms with van der Waals surface area (Å²) >= 11 is 0. The lowest BCUT2D eigenvalue weighted by atomic mass is 9.87. The van der Waals surface area contributed by atoms with Crippen LogP contribution in [0.2, 0.25) is 0 Å². The van der Waals surface area contributed by atoms with Crippen molar-refractivity contribution in [3.05, 3.63) is 0 Å². The van der Waals surface area contributed by atoms with E-state index in [4.69, 9.17) is 5.11 Å². The second kappa shape index (κ2) is 7.56. The molecule has 0 saturated heterocycles. The highest BCUT2D eigenvalue weighted by molar-refractivity contribution is 5.74. The summed E-state index contributed by atoms with van der Waals surface area (Å²) in [5, 5.41) is 33.9. The predicted octanol–water partition coefficient (Wildman–Crippen LogP) is -1.07. The van der Waals surface area contributed by atoms with Gasteiger partial charge in [0.05, 0.1) is 18.1 Å². The van der Waals surface area contributed by atoms with Crippen LogP contribution in [-0.2, 0) is 9.59 Å². The van der Waals surface area contributed by atoms with Crippen LogP contribution in [0.5, 0.6) is 0 Å². The fourth-order valence-corrected chi connectivity index (χ4v) is 3.16. The van der Waals surface area contributed by atoms with Crippen molar-refractivity contribution >= 4 is 11.9 Å². The number of carboxylic acid groups (broad SMARTS) is 1. The van der Waals surface area contributed by atoms with Crippen LogP contribution >= 0.6 is 0 Å². The predicted molar refractivity (Wildman–Crippen MR) is 72.0 cm³/mol. The second-order valence-corrected chi connectivity index (χ2v) is 5.31. The van der Waals surface area contributed by atoms with Gasteiger partial charge in [0.2, 0.25) is 5.91 Å². The van der Waals surface area contributed by atoms with Crippen molar-refractivity contribution in [2.24, 2.45) is 11.8 Å². The van der Waals surface area contributed by atoms with Crippen molar-refractivity contribution in [1.29, 1.82) is 0 Å². The maximum absolute atomic E-state index is 11.3. The Morgan fingerprint density at radius 2 is 2.00 bits per heavy atom. The van der Waals surface area contributed by atoms with Crippen LogP contribution in [0.15, 0.2) is 0 Å². The van der Waals surface area contributed by atoms with E-state index in [2.05, 4.69) is 10.6 Å². The largest absolute Gasteiger partial charge is 0.481 e. The third-order valence-corrected chi connectivity index (χ3v) is 4.03. The standard InChI is InChI=1S/C13H24N2O5/c1-7(17)15-12(10(18)5-6-16)8-3-4-9(13(19)20)11(8)14-2/h8-12,14,16,18H,3-6H2,1-2H3,(H,15,17)(H,19,20)/t8-,9-,10-,11-,12-/m0/s1. The third-order valence-electron chi connectivity index (χ3n) is 4.03. The van der Waals surface area contributed by atoms with Gasteiger partial charge in [-0.2, -0.15) is 0 Å². The van der Waals surface area contributed by atoms with E-state index in [9.17, 15) is 19.8 Å². The molecule has 5 atom stereocenters.